The minimum absolute atomic E-state index is 0.924. The van der Waals surface area contributed by atoms with Gasteiger partial charge in [0.25, 0.3) is 0 Å². The second-order valence-electron chi connectivity index (χ2n) is 6.52. The standard InChI is InChI=1S/C19H23N5/c1-15-4-3-5-16-17(6-7-21-19(15)16)24-12-10-23(11-13-24)14-18-20-8-9-22(18)2/h3-9H,10-14H2,1-2H3. The zero-order chi connectivity index (χ0) is 16.5. The number of imidazole rings is 1. The van der Waals surface area contributed by atoms with Gasteiger partial charge in [-0.1, -0.05) is 18.2 Å². The Bertz CT molecular complexity index is 846. The van der Waals surface area contributed by atoms with Crippen LogP contribution in [0.15, 0.2) is 42.9 Å². The normalized spacial score (nSPS) is 16.0. The van der Waals surface area contributed by atoms with Crippen molar-refractivity contribution in [2.45, 2.75) is 13.5 Å². The first-order valence-electron chi connectivity index (χ1n) is 8.50. The molecule has 1 aromatic carbocycles. The van der Waals surface area contributed by atoms with Gasteiger partial charge in [0.15, 0.2) is 0 Å². The largest absolute Gasteiger partial charge is 0.368 e. The molecule has 4 rings (SSSR count). The van der Waals surface area contributed by atoms with Gasteiger partial charge in [-0.2, -0.15) is 0 Å². The van der Waals surface area contributed by atoms with Crippen molar-refractivity contribution >= 4 is 16.6 Å². The highest BCUT2D eigenvalue weighted by Gasteiger charge is 2.20. The molecule has 0 unspecified atom stereocenters. The molecule has 1 fully saturated rings. The molecule has 0 atom stereocenters. The van der Waals surface area contributed by atoms with E-state index in [4.69, 9.17) is 0 Å². The van der Waals surface area contributed by atoms with E-state index in [1.165, 1.54) is 16.6 Å². The smallest absolute Gasteiger partial charge is 0.122 e. The Morgan fingerprint density at radius 1 is 1.00 bits per heavy atom. The van der Waals surface area contributed by atoms with E-state index in [1.54, 1.807) is 0 Å². The topological polar surface area (TPSA) is 37.2 Å². The lowest BCUT2D eigenvalue weighted by molar-refractivity contribution is 0.242. The predicted octanol–water partition coefficient (Wildman–Crippen LogP) is 2.60. The molecule has 5 nitrogen and oxygen atoms in total. The highest BCUT2D eigenvalue weighted by atomic mass is 15.3. The molecule has 3 heterocycles. The SMILES string of the molecule is Cc1cccc2c(N3CCN(Cc4nccn4C)CC3)ccnc12. The second-order valence-corrected chi connectivity index (χ2v) is 6.52. The predicted molar refractivity (Wildman–Crippen MR) is 97.2 cm³/mol. The molecule has 0 N–H and O–H groups in total. The fourth-order valence-electron chi connectivity index (χ4n) is 3.48. The van der Waals surface area contributed by atoms with E-state index in [2.05, 4.69) is 62.6 Å². The van der Waals surface area contributed by atoms with Crippen LogP contribution in [-0.4, -0.2) is 45.6 Å². The summed E-state index contributed by atoms with van der Waals surface area (Å²) in [5.74, 6) is 1.13. The fourth-order valence-corrected chi connectivity index (χ4v) is 3.48. The van der Waals surface area contributed by atoms with Crippen molar-refractivity contribution in [2.75, 3.05) is 31.1 Å². The Labute approximate surface area is 142 Å². The summed E-state index contributed by atoms with van der Waals surface area (Å²) in [5, 5.41) is 1.26. The molecule has 1 saturated heterocycles. The summed E-state index contributed by atoms with van der Waals surface area (Å²) in [4.78, 5) is 14.0. The molecule has 24 heavy (non-hydrogen) atoms. The first-order valence-corrected chi connectivity index (χ1v) is 8.50. The minimum atomic E-state index is 0.924. The van der Waals surface area contributed by atoms with Gasteiger partial charge in [0, 0.05) is 62.9 Å². The molecule has 0 bridgehead atoms. The molecule has 1 aliphatic rings. The van der Waals surface area contributed by atoms with E-state index < -0.39 is 0 Å². The van der Waals surface area contributed by atoms with Crippen LogP contribution in [0.2, 0.25) is 0 Å². The van der Waals surface area contributed by atoms with Gasteiger partial charge in [0.1, 0.15) is 5.82 Å². The summed E-state index contributed by atoms with van der Waals surface area (Å²) in [7, 11) is 2.06. The maximum atomic E-state index is 4.56. The monoisotopic (exact) mass is 321 g/mol. The van der Waals surface area contributed by atoms with Crippen LogP contribution >= 0.6 is 0 Å². The van der Waals surface area contributed by atoms with Gasteiger partial charge in [-0.25, -0.2) is 4.98 Å². The number of fused-ring (bicyclic) bond motifs is 1. The number of hydrogen-bond donors (Lipinski definition) is 0. The number of piperazine rings is 1. The average Bonchev–Trinajstić information content (AvgIpc) is 3.01. The molecule has 0 saturated carbocycles. The number of pyridine rings is 1. The van der Waals surface area contributed by atoms with Crippen molar-refractivity contribution in [2.24, 2.45) is 7.05 Å². The quantitative estimate of drug-likeness (QED) is 0.743. The zero-order valence-corrected chi connectivity index (χ0v) is 14.3. The Morgan fingerprint density at radius 3 is 2.58 bits per heavy atom. The molecule has 0 aliphatic carbocycles. The number of benzene rings is 1. The number of aromatic nitrogens is 3. The number of anilines is 1. The van der Waals surface area contributed by atoms with Crippen LogP contribution in [0.1, 0.15) is 11.4 Å². The highest BCUT2D eigenvalue weighted by Crippen LogP contribution is 2.28. The summed E-state index contributed by atoms with van der Waals surface area (Å²) in [6.07, 6.45) is 5.82. The molecule has 124 valence electrons. The summed E-state index contributed by atoms with van der Waals surface area (Å²) in [6, 6.07) is 8.59. The van der Waals surface area contributed by atoms with Gasteiger partial charge in [-0.05, 0) is 18.6 Å². The van der Waals surface area contributed by atoms with Crippen molar-refractivity contribution in [3.05, 3.63) is 54.2 Å². The van der Waals surface area contributed by atoms with Crippen LogP contribution in [0.5, 0.6) is 0 Å². The third kappa shape index (κ3) is 2.76. The van der Waals surface area contributed by atoms with E-state index >= 15 is 0 Å². The molecule has 1 aliphatic heterocycles. The Balaban J connectivity index is 1.50. The summed E-state index contributed by atoms with van der Waals surface area (Å²) in [6.45, 7) is 7.25. The summed E-state index contributed by atoms with van der Waals surface area (Å²) in [5.41, 5.74) is 3.66. The van der Waals surface area contributed by atoms with Crippen LogP contribution in [0.4, 0.5) is 5.69 Å². The Kier molecular flexibility index (Phi) is 3.94. The van der Waals surface area contributed by atoms with Crippen LogP contribution < -0.4 is 4.90 Å². The molecule has 0 radical (unpaired) electrons. The summed E-state index contributed by atoms with van der Waals surface area (Å²) >= 11 is 0. The van der Waals surface area contributed by atoms with E-state index in [0.717, 1.165) is 44.1 Å². The maximum absolute atomic E-state index is 4.56. The van der Waals surface area contributed by atoms with Crippen molar-refractivity contribution < 1.29 is 0 Å². The van der Waals surface area contributed by atoms with Gasteiger partial charge in [-0.3, -0.25) is 9.88 Å². The molecule has 0 spiro atoms. The van der Waals surface area contributed by atoms with Crippen LogP contribution in [0.25, 0.3) is 10.9 Å². The van der Waals surface area contributed by atoms with Gasteiger partial charge in [0.2, 0.25) is 0 Å². The lowest BCUT2D eigenvalue weighted by atomic mass is 10.1. The lowest BCUT2D eigenvalue weighted by Gasteiger charge is -2.36. The molecule has 5 heteroatoms. The Morgan fingerprint density at radius 2 is 1.83 bits per heavy atom. The van der Waals surface area contributed by atoms with Crippen molar-refractivity contribution in [3.8, 4) is 0 Å². The maximum Gasteiger partial charge on any atom is 0.122 e. The van der Waals surface area contributed by atoms with Crippen LogP contribution in [-0.2, 0) is 13.6 Å². The average molecular weight is 321 g/mol. The molecule has 3 aromatic rings. The number of aryl methyl sites for hydroxylation is 2. The van der Waals surface area contributed by atoms with Gasteiger partial charge >= 0.3 is 0 Å². The first kappa shape index (κ1) is 15.1. The van der Waals surface area contributed by atoms with Crippen LogP contribution in [0, 0.1) is 6.92 Å². The van der Waals surface area contributed by atoms with Crippen molar-refractivity contribution in [3.63, 3.8) is 0 Å². The van der Waals surface area contributed by atoms with Gasteiger partial charge in [-0.15, -0.1) is 0 Å². The zero-order valence-electron chi connectivity index (χ0n) is 14.3. The molecular formula is C19H23N5. The third-order valence-corrected chi connectivity index (χ3v) is 4.95. The summed E-state index contributed by atoms with van der Waals surface area (Å²) < 4.78 is 2.10. The van der Waals surface area contributed by atoms with E-state index in [-0.39, 0.29) is 0 Å². The lowest BCUT2D eigenvalue weighted by Crippen LogP contribution is -2.46. The number of hydrogen-bond acceptors (Lipinski definition) is 4. The van der Waals surface area contributed by atoms with Crippen molar-refractivity contribution in [1.82, 2.24) is 19.4 Å². The Hall–Kier alpha value is -2.40. The third-order valence-electron chi connectivity index (χ3n) is 4.95. The molecule has 2 aromatic heterocycles. The number of para-hydroxylation sites is 1. The number of nitrogens with zero attached hydrogens (tertiary/aromatic N) is 5. The first-order chi connectivity index (χ1) is 11.7. The van der Waals surface area contributed by atoms with E-state index in [1.807, 2.05) is 18.6 Å². The molecule has 0 amide bonds. The van der Waals surface area contributed by atoms with Crippen LogP contribution in [0.3, 0.4) is 0 Å². The van der Waals surface area contributed by atoms with E-state index in [9.17, 15) is 0 Å². The minimum Gasteiger partial charge on any atom is -0.368 e. The van der Waals surface area contributed by atoms with Gasteiger partial charge in [0.05, 0.1) is 12.1 Å². The highest BCUT2D eigenvalue weighted by molar-refractivity contribution is 5.93. The van der Waals surface area contributed by atoms with E-state index in [0.29, 0.717) is 0 Å². The van der Waals surface area contributed by atoms with Crippen molar-refractivity contribution in [1.29, 1.82) is 0 Å². The fraction of sp³-hybridized carbons (Fsp3) is 0.368. The second kappa shape index (κ2) is 6.24. The van der Waals surface area contributed by atoms with Gasteiger partial charge < -0.3 is 9.47 Å². The molecular weight excluding hydrogens is 298 g/mol. The number of rotatable bonds is 3.